The summed E-state index contributed by atoms with van der Waals surface area (Å²) in [7, 11) is -4.18. The summed E-state index contributed by atoms with van der Waals surface area (Å²) in [6.07, 6.45) is 4.05. The first kappa shape index (κ1) is 22.0. The number of hydrogen-bond donors (Lipinski definition) is 4. The minimum Gasteiger partial charge on any atom is -0.382 e. The van der Waals surface area contributed by atoms with E-state index in [4.69, 9.17) is 9.92 Å². The first-order valence-corrected chi connectivity index (χ1v) is 11.7. The number of hydrogen-bond acceptors (Lipinski definition) is 10. The summed E-state index contributed by atoms with van der Waals surface area (Å²) in [6, 6.07) is 7.41. The van der Waals surface area contributed by atoms with Gasteiger partial charge in [-0.15, -0.1) is 0 Å². The van der Waals surface area contributed by atoms with Gasteiger partial charge >= 0.3 is 10.1 Å². The summed E-state index contributed by atoms with van der Waals surface area (Å²) in [5, 5.41) is 7.97. The number of aromatic nitrogens is 2. The molecule has 2 aliphatic rings. The standard InChI is InChI=1S/C20H24N6O5S/c21-18(28)15-10-23-20(26-19(15)24-12-6-7-12)25-13-8-16(22-9-13)17(11-27)32(29,30)31-14-4-2-1-3-5-14/h1-5,10-13,16-17,22H,6-9H2,(H2,21,28)(H2,23,24,25,26). The van der Waals surface area contributed by atoms with Crippen LogP contribution in [0.2, 0.25) is 0 Å². The Kier molecular flexibility index (Phi) is 6.24. The van der Waals surface area contributed by atoms with Gasteiger partial charge in [-0.25, -0.2) is 4.98 Å². The van der Waals surface area contributed by atoms with Crippen LogP contribution >= 0.6 is 0 Å². The van der Waals surface area contributed by atoms with Crippen molar-refractivity contribution in [2.75, 3.05) is 17.2 Å². The molecular formula is C20H24N6O5S. The number of aldehydes is 1. The molecule has 12 heteroatoms. The van der Waals surface area contributed by atoms with Crippen molar-refractivity contribution in [2.45, 2.75) is 42.6 Å². The van der Waals surface area contributed by atoms with E-state index in [1.807, 2.05) is 0 Å². The van der Waals surface area contributed by atoms with E-state index in [1.54, 1.807) is 18.2 Å². The van der Waals surface area contributed by atoms with Crippen molar-refractivity contribution in [3.63, 3.8) is 0 Å². The van der Waals surface area contributed by atoms with Crippen LogP contribution in [-0.2, 0) is 14.9 Å². The lowest BCUT2D eigenvalue weighted by molar-refractivity contribution is -0.107. The third-order valence-electron chi connectivity index (χ3n) is 5.29. The van der Waals surface area contributed by atoms with Gasteiger partial charge in [-0.2, -0.15) is 13.4 Å². The van der Waals surface area contributed by atoms with Crippen LogP contribution in [0.4, 0.5) is 11.8 Å². The SMILES string of the molecule is NC(=O)c1cnc(NC2CNC(C(C=O)S(=O)(=O)Oc3ccccc3)C2)nc1NC1CC1. The summed E-state index contributed by atoms with van der Waals surface area (Å²) in [6.45, 7) is 0.391. The normalized spacial score (nSPS) is 21.5. The van der Waals surface area contributed by atoms with Crippen molar-refractivity contribution in [1.82, 2.24) is 15.3 Å². The number of nitrogens with zero attached hydrogens (tertiary/aromatic N) is 2. The molecule has 4 rings (SSSR count). The van der Waals surface area contributed by atoms with Gasteiger partial charge in [0.15, 0.2) is 5.25 Å². The zero-order valence-electron chi connectivity index (χ0n) is 17.1. The smallest absolute Gasteiger partial charge is 0.320 e. The number of primary amides is 1. The lowest BCUT2D eigenvalue weighted by atomic mass is 10.1. The molecule has 0 radical (unpaired) electrons. The molecule has 1 aromatic heterocycles. The van der Waals surface area contributed by atoms with Gasteiger partial charge < -0.3 is 30.7 Å². The van der Waals surface area contributed by atoms with Gasteiger partial charge in [0.1, 0.15) is 17.9 Å². The highest BCUT2D eigenvalue weighted by molar-refractivity contribution is 7.88. The third kappa shape index (κ3) is 5.14. The number of anilines is 2. The maximum absolute atomic E-state index is 12.6. The van der Waals surface area contributed by atoms with E-state index in [2.05, 4.69) is 25.9 Å². The average molecular weight is 461 g/mol. The van der Waals surface area contributed by atoms with E-state index in [0.29, 0.717) is 25.1 Å². The van der Waals surface area contributed by atoms with Crippen molar-refractivity contribution in [1.29, 1.82) is 0 Å². The van der Waals surface area contributed by atoms with Gasteiger partial charge in [0.2, 0.25) is 5.95 Å². The predicted octanol–water partition coefficient (Wildman–Crippen LogP) is 0.269. The van der Waals surface area contributed by atoms with Crippen LogP contribution in [0, 0.1) is 0 Å². The van der Waals surface area contributed by atoms with Crippen LogP contribution in [0.3, 0.4) is 0 Å². The van der Waals surface area contributed by atoms with Crippen LogP contribution in [0.1, 0.15) is 29.6 Å². The lowest BCUT2D eigenvalue weighted by Gasteiger charge is -2.19. The molecule has 1 aliphatic heterocycles. The van der Waals surface area contributed by atoms with Crippen LogP contribution in [0.15, 0.2) is 36.5 Å². The van der Waals surface area contributed by atoms with E-state index in [-0.39, 0.29) is 29.3 Å². The topological polar surface area (TPSA) is 165 Å². The fourth-order valence-corrected chi connectivity index (χ4v) is 4.74. The van der Waals surface area contributed by atoms with E-state index in [9.17, 15) is 18.0 Å². The first-order valence-electron chi connectivity index (χ1n) is 10.2. The molecule has 32 heavy (non-hydrogen) atoms. The van der Waals surface area contributed by atoms with E-state index in [0.717, 1.165) is 12.8 Å². The molecule has 1 amide bonds. The Bertz CT molecular complexity index is 1090. The van der Waals surface area contributed by atoms with Crippen LogP contribution in [0.25, 0.3) is 0 Å². The Hall–Kier alpha value is -3.25. The molecule has 1 aromatic carbocycles. The molecular weight excluding hydrogens is 436 g/mol. The first-order chi connectivity index (χ1) is 15.4. The molecule has 2 aromatic rings. The Morgan fingerprint density at radius 2 is 1.97 bits per heavy atom. The van der Waals surface area contributed by atoms with Crippen molar-refractivity contribution in [2.24, 2.45) is 5.73 Å². The number of nitrogens with one attached hydrogen (secondary N) is 3. The number of carbonyl (C=O) groups is 2. The Morgan fingerprint density at radius 1 is 1.22 bits per heavy atom. The largest absolute Gasteiger partial charge is 0.382 e. The summed E-state index contributed by atoms with van der Waals surface area (Å²) in [4.78, 5) is 31.8. The highest BCUT2D eigenvalue weighted by Crippen LogP contribution is 2.26. The second kappa shape index (κ2) is 9.09. The monoisotopic (exact) mass is 460 g/mol. The molecule has 1 saturated carbocycles. The number of rotatable bonds is 10. The fraction of sp³-hybridized carbons (Fsp3) is 0.400. The highest BCUT2D eigenvalue weighted by Gasteiger charge is 2.40. The summed E-state index contributed by atoms with van der Waals surface area (Å²) in [5.74, 6) is 0.159. The molecule has 11 nitrogen and oxygen atoms in total. The Labute approximate surface area is 185 Å². The quantitative estimate of drug-likeness (QED) is 0.285. The maximum atomic E-state index is 12.6. The van der Waals surface area contributed by atoms with Gasteiger partial charge in [-0.1, -0.05) is 18.2 Å². The Morgan fingerprint density at radius 3 is 2.62 bits per heavy atom. The van der Waals surface area contributed by atoms with E-state index < -0.39 is 27.3 Å². The molecule has 5 N–H and O–H groups in total. The minimum atomic E-state index is -4.18. The van der Waals surface area contributed by atoms with Gasteiger partial charge in [0.25, 0.3) is 5.91 Å². The number of nitrogens with two attached hydrogens (primary N) is 1. The van der Waals surface area contributed by atoms with E-state index >= 15 is 0 Å². The average Bonchev–Trinajstić information content (AvgIpc) is 3.45. The van der Waals surface area contributed by atoms with Gasteiger partial charge in [0.05, 0.1) is 5.56 Å². The zero-order valence-corrected chi connectivity index (χ0v) is 17.9. The molecule has 1 saturated heterocycles. The van der Waals surface area contributed by atoms with Gasteiger partial charge in [-0.05, 0) is 31.4 Å². The summed E-state index contributed by atoms with van der Waals surface area (Å²) in [5.41, 5.74) is 5.60. The molecule has 170 valence electrons. The summed E-state index contributed by atoms with van der Waals surface area (Å²) < 4.78 is 30.4. The van der Waals surface area contributed by atoms with E-state index in [1.165, 1.54) is 18.3 Å². The number of carbonyl (C=O) groups excluding carboxylic acids is 2. The second-order valence-corrected chi connectivity index (χ2v) is 9.52. The molecule has 2 fully saturated rings. The molecule has 3 unspecified atom stereocenters. The van der Waals surface area contributed by atoms with Crippen molar-refractivity contribution in [3.8, 4) is 5.75 Å². The van der Waals surface area contributed by atoms with Crippen LogP contribution in [-0.4, -0.2) is 60.5 Å². The predicted molar refractivity (Wildman–Crippen MR) is 117 cm³/mol. The zero-order chi connectivity index (χ0) is 22.7. The second-order valence-electron chi connectivity index (χ2n) is 7.82. The van der Waals surface area contributed by atoms with Crippen LogP contribution in [0.5, 0.6) is 5.75 Å². The third-order valence-corrected chi connectivity index (χ3v) is 6.82. The van der Waals surface area contributed by atoms with Crippen molar-refractivity contribution in [3.05, 3.63) is 42.1 Å². The van der Waals surface area contributed by atoms with Crippen molar-refractivity contribution < 1.29 is 22.2 Å². The lowest BCUT2D eigenvalue weighted by Crippen LogP contribution is -2.43. The van der Waals surface area contributed by atoms with Gasteiger partial charge in [0, 0.05) is 30.9 Å². The highest BCUT2D eigenvalue weighted by atomic mass is 32.2. The number of benzene rings is 1. The minimum absolute atomic E-state index is 0.144. The molecule has 2 heterocycles. The molecule has 1 aliphatic carbocycles. The van der Waals surface area contributed by atoms with Gasteiger partial charge in [-0.3, -0.25) is 4.79 Å². The van der Waals surface area contributed by atoms with Crippen LogP contribution < -0.4 is 25.9 Å². The number of amides is 1. The molecule has 0 spiro atoms. The maximum Gasteiger partial charge on any atom is 0.320 e. The molecule has 0 bridgehead atoms. The van der Waals surface area contributed by atoms with Crippen molar-refractivity contribution >= 4 is 34.1 Å². The number of para-hydroxylation sites is 1. The Balaban J connectivity index is 1.42. The summed E-state index contributed by atoms with van der Waals surface area (Å²) >= 11 is 0. The molecule has 3 atom stereocenters. The fourth-order valence-electron chi connectivity index (χ4n) is 3.50.